The van der Waals surface area contributed by atoms with Crippen LogP contribution >= 0.6 is 0 Å². The first-order chi connectivity index (χ1) is 12.9. The highest BCUT2D eigenvalue weighted by Gasteiger charge is 2.15. The number of carbonyl (C=O) groups is 2. The molecular weight excluding hydrogens is 346 g/mol. The number of rotatable bonds is 10. The number of nitrogens with zero attached hydrogens (tertiary/aromatic N) is 3. The van der Waals surface area contributed by atoms with Crippen LogP contribution in [0.5, 0.6) is 0 Å². The lowest BCUT2D eigenvalue weighted by molar-refractivity contribution is -0.131. The first-order valence-corrected chi connectivity index (χ1v) is 9.54. The third-order valence-electron chi connectivity index (χ3n) is 4.14. The maximum atomic E-state index is 12.3. The summed E-state index contributed by atoms with van der Waals surface area (Å²) in [5.41, 5.74) is 0.819. The number of furan rings is 1. The van der Waals surface area contributed by atoms with E-state index in [9.17, 15) is 9.59 Å². The number of aryl methyl sites for hydroxylation is 1. The molecule has 0 radical (unpaired) electrons. The molecule has 0 bridgehead atoms. The van der Waals surface area contributed by atoms with Crippen LogP contribution in [0.15, 0.2) is 21.7 Å². The topological polar surface area (TPSA) is 90.2 Å². The quantitative estimate of drug-likeness (QED) is 0.365. The molecule has 0 unspecified atom stereocenters. The van der Waals surface area contributed by atoms with Gasteiger partial charge in [-0.25, -0.2) is 0 Å². The molecule has 0 aliphatic carbocycles. The van der Waals surface area contributed by atoms with E-state index in [0.717, 1.165) is 12.1 Å². The monoisotopic (exact) mass is 379 g/mol. The molecule has 1 aromatic rings. The van der Waals surface area contributed by atoms with E-state index in [-0.39, 0.29) is 18.4 Å². The minimum atomic E-state index is -0.213. The van der Waals surface area contributed by atoms with Gasteiger partial charge in [-0.2, -0.15) is 0 Å². The highest BCUT2D eigenvalue weighted by molar-refractivity contribution is 5.92. The van der Waals surface area contributed by atoms with E-state index in [0.29, 0.717) is 44.3 Å². The summed E-state index contributed by atoms with van der Waals surface area (Å²) >= 11 is 0. The van der Waals surface area contributed by atoms with Gasteiger partial charge in [-0.3, -0.25) is 14.6 Å². The van der Waals surface area contributed by atoms with E-state index < -0.39 is 0 Å². The van der Waals surface area contributed by atoms with Crippen molar-refractivity contribution in [3.63, 3.8) is 0 Å². The Morgan fingerprint density at radius 2 is 1.89 bits per heavy atom. The normalized spacial score (nSPS) is 11.2. The summed E-state index contributed by atoms with van der Waals surface area (Å²) in [7, 11) is 1.85. The number of amides is 2. The van der Waals surface area contributed by atoms with Gasteiger partial charge < -0.3 is 24.9 Å². The molecular formula is C19H33N5O3. The van der Waals surface area contributed by atoms with E-state index in [1.807, 2.05) is 39.6 Å². The van der Waals surface area contributed by atoms with Gasteiger partial charge in [0.05, 0.1) is 12.8 Å². The molecule has 0 aliphatic rings. The maximum Gasteiger partial charge on any atom is 0.287 e. The van der Waals surface area contributed by atoms with Crippen LogP contribution < -0.4 is 10.6 Å². The average molecular weight is 380 g/mol. The van der Waals surface area contributed by atoms with E-state index in [1.165, 1.54) is 6.26 Å². The largest absolute Gasteiger partial charge is 0.459 e. The summed E-state index contributed by atoms with van der Waals surface area (Å²) in [6.07, 6.45) is 2.20. The maximum absolute atomic E-state index is 12.3. The van der Waals surface area contributed by atoms with Gasteiger partial charge in [0.25, 0.3) is 5.91 Å². The van der Waals surface area contributed by atoms with Crippen molar-refractivity contribution in [3.05, 3.63) is 23.7 Å². The van der Waals surface area contributed by atoms with Gasteiger partial charge >= 0.3 is 0 Å². The molecule has 1 rings (SSSR count). The Morgan fingerprint density at radius 1 is 1.19 bits per heavy atom. The van der Waals surface area contributed by atoms with Crippen LogP contribution in [-0.2, 0) is 4.79 Å². The number of carbonyl (C=O) groups excluding carboxylic acids is 2. The summed E-state index contributed by atoms with van der Waals surface area (Å²) in [5.74, 6) is 0.900. The molecule has 8 heteroatoms. The van der Waals surface area contributed by atoms with Crippen molar-refractivity contribution in [1.82, 2.24) is 20.4 Å². The number of aliphatic imine (C=N–C) groups is 1. The molecule has 0 saturated heterocycles. The summed E-state index contributed by atoms with van der Waals surface area (Å²) in [5, 5.41) is 6.02. The minimum absolute atomic E-state index is 0.0779. The molecule has 0 aliphatic heterocycles. The summed E-state index contributed by atoms with van der Waals surface area (Å²) in [4.78, 5) is 32.4. The highest BCUT2D eigenvalue weighted by Crippen LogP contribution is 2.07. The first kappa shape index (κ1) is 22.5. The molecule has 2 N–H and O–H groups in total. The van der Waals surface area contributed by atoms with E-state index >= 15 is 0 Å². The summed E-state index contributed by atoms with van der Waals surface area (Å²) in [6, 6.07) is 1.76. The molecule has 8 nitrogen and oxygen atoms in total. The van der Waals surface area contributed by atoms with Crippen molar-refractivity contribution in [3.8, 4) is 0 Å². The number of hydrogen-bond acceptors (Lipinski definition) is 4. The van der Waals surface area contributed by atoms with Crippen molar-refractivity contribution in [2.24, 2.45) is 4.99 Å². The second kappa shape index (κ2) is 12.0. The smallest absolute Gasteiger partial charge is 0.287 e. The van der Waals surface area contributed by atoms with Gasteiger partial charge in [-0.1, -0.05) is 0 Å². The Morgan fingerprint density at radius 3 is 2.44 bits per heavy atom. The molecule has 1 heterocycles. The molecule has 0 atom stereocenters. The van der Waals surface area contributed by atoms with Crippen LogP contribution in [0.1, 0.15) is 43.3 Å². The fourth-order valence-electron chi connectivity index (χ4n) is 2.58. The van der Waals surface area contributed by atoms with Crippen molar-refractivity contribution in [2.45, 2.75) is 34.1 Å². The molecule has 0 aromatic carbocycles. The van der Waals surface area contributed by atoms with Crippen LogP contribution in [-0.4, -0.2) is 73.9 Å². The first-order valence-electron chi connectivity index (χ1n) is 9.54. The Hall–Kier alpha value is -2.51. The van der Waals surface area contributed by atoms with Gasteiger partial charge in [0, 0.05) is 45.3 Å². The second-order valence-corrected chi connectivity index (χ2v) is 6.20. The Labute approximate surface area is 162 Å². The third kappa shape index (κ3) is 7.32. The fourth-order valence-corrected chi connectivity index (χ4v) is 2.58. The lowest BCUT2D eigenvalue weighted by atomic mass is 10.2. The molecule has 0 saturated carbocycles. The minimum Gasteiger partial charge on any atom is -0.459 e. The lowest BCUT2D eigenvalue weighted by Gasteiger charge is -2.25. The van der Waals surface area contributed by atoms with Gasteiger partial charge in [0.15, 0.2) is 11.7 Å². The molecule has 0 spiro atoms. The van der Waals surface area contributed by atoms with Crippen LogP contribution in [0.4, 0.5) is 0 Å². The number of likely N-dealkylation sites (N-methyl/N-ethyl adjacent to an activating group) is 2. The van der Waals surface area contributed by atoms with E-state index in [4.69, 9.17) is 4.42 Å². The highest BCUT2D eigenvalue weighted by atomic mass is 16.3. The molecule has 1 aromatic heterocycles. The second-order valence-electron chi connectivity index (χ2n) is 6.20. The molecule has 152 valence electrons. The third-order valence-corrected chi connectivity index (χ3v) is 4.14. The zero-order chi connectivity index (χ0) is 20.2. The number of guanidine groups is 1. The van der Waals surface area contributed by atoms with Crippen molar-refractivity contribution in [2.75, 3.05) is 46.3 Å². The van der Waals surface area contributed by atoms with Crippen molar-refractivity contribution < 1.29 is 14.0 Å². The van der Waals surface area contributed by atoms with Crippen LogP contribution in [0.25, 0.3) is 0 Å². The number of nitrogens with one attached hydrogen (secondary N) is 2. The van der Waals surface area contributed by atoms with Crippen molar-refractivity contribution in [1.29, 1.82) is 0 Å². The van der Waals surface area contributed by atoms with Crippen LogP contribution in [0.3, 0.4) is 0 Å². The predicted molar refractivity (Wildman–Crippen MR) is 107 cm³/mol. The fraction of sp³-hybridized carbons (Fsp3) is 0.632. The zero-order valence-electron chi connectivity index (χ0n) is 17.2. The van der Waals surface area contributed by atoms with Crippen LogP contribution in [0.2, 0.25) is 0 Å². The Bertz CT molecular complexity index is 623. The predicted octanol–water partition coefficient (Wildman–Crippen LogP) is 1.47. The van der Waals surface area contributed by atoms with Gasteiger partial charge in [0.2, 0.25) is 5.91 Å². The van der Waals surface area contributed by atoms with Crippen molar-refractivity contribution >= 4 is 17.8 Å². The van der Waals surface area contributed by atoms with Gasteiger partial charge in [-0.15, -0.1) is 0 Å². The molecule has 2 amide bonds. The number of hydrogen-bond donors (Lipinski definition) is 2. The van der Waals surface area contributed by atoms with Gasteiger partial charge in [0.1, 0.15) is 0 Å². The molecule has 0 fully saturated rings. The SMILES string of the molecule is CCNC(=NCCCNC(=O)c1occc1C)N(C)CC(=O)N(CC)CC. The summed E-state index contributed by atoms with van der Waals surface area (Å²) < 4.78 is 5.17. The van der Waals surface area contributed by atoms with E-state index in [1.54, 1.807) is 11.0 Å². The summed E-state index contributed by atoms with van der Waals surface area (Å²) in [6.45, 7) is 11.2. The Kier molecular flexibility index (Phi) is 10.00. The average Bonchev–Trinajstić information content (AvgIpc) is 3.07. The zero-order valence-corrected chi connectivity index (χ0v) is 17.2. The van der Waals surface area contributed by atoms with Crippen LogP contribution in [0, 0.1) is 6.92 Å². The molecule has 27 heavy (non-hydrogen) atoms. The standard InChI is InChI=1S/C19H33N5O3/c1-6-20-19(23(5)14-16(25)24(7-2)8-3)22-12-9-11-21-18(26)17-15(4)10-13-27-17/h10,13H,6-9,11-12,14H2,1-5H3,(H,20,22)(H,21,26). The van der Waals surface area contributed by atoms with E-state index in [2.05, 4.69) is 15.6 Å². The van der Waals surface area contributed by atoms with Gasteiger partial charge in [-0.05, 0) is 40.2 Å². The lowest BCUT2D eigenvalue weighted by Crippen LogP contribution is -2.45. The Balaban J connectivity index is 2.47.